The number of sulfonamides is 1. The summed E-state index contributed by atoms with van der Waals surface area (Å²) in [5, 5.41) is 2.97. The van der Waals surface area contributed by atoms with Gasteiger partial charge in [-0.3, -0.25) is 10.1 Å². The summed E-state index contributed by atoms with van der Waals surface area (Å²) >= 11 is 0. The van der Waals surface area contributed by atoms with Gasteiger partial charge in [-0.1, -0.05) is 12.1 Å². The molecule has 1 N–H and O–H groups in total. The lowest BCUT2D eigenvalue weighted by Crippen LogP contribution is -2.41. The fraction of sp³-hybridized carbons (Fsp3) is 0.556. The van der Waals surface area contributed by atoms with Gasteiger partial charge in [0.25, 0.3) is 0 Å². The molecule has 1 aliphatic rings. The Labute approximate surface area is 154 Å². The van der Waals surface area contributed by atoms with E-state index in [1.165, 1.54) is 10.6 Å². The van der Waals surface area contributed by atoms with Crippen molar-refractivity contribution in [1.29, 1.82) is 0 Å². The van der Waals surface area contributed by atoms with Crippen LogP contribution in [0.5, 0.6) is 0 Å². The topological polar surface area (TPSA) is 84.3 Å². The molecule has 3 rings (SSSR count). The van der Waals surface area contributed by atoms with Crippen molar-refractivity contribution in [2.24, 2.45) is 5.92 Å². The van der Waals surface area contributed by atoms with Crippen LogP contribution in [-0.2, 0) is 20.4 Å². The van der Waals surface area contributed by atoms with Crippen LogP contribution in [-0.4, -0.2) is 47.5 Å². The first kappa shape index (κ1) is 18.8. The maximum absolute atomic E-state index is 12.7. The van der Waals surface area contributed by atoms with Crippen molar-refractivity contribution in [1.82, 2.24) is 13.9 Å². The highest BCUT2D eigenvalue weighted by atomic mass is 32.2. The van der Waals surface area contributed by atoms with Gasteiger partial charge in [0.05, 0.1) is 17.3 Å². The minimum Gasteiger partial charge on any atom is -0.305 e. The number of fused-ring (bicyclic) bond motifs is 1. The fourth-order valence-electron chi connectivity index (χ4n) is 3.45. The van der Waals surface area contributed by atoms with Gasteiger partial charge in [-0.2, -0.15) is 0 Å². The summed E-state index contributed by atoms with van der Waals surface area (Å²) < 4.78 is 26.7. The van der Waals surface area contributed by atoms with E-state index in [2.05, 4.69) is 31.1 Å². The van der Waals surface area contributed by atoms with Gasteiger partial charge in [-0.05, 0) is 45.7 Å². The average molecular weight is 378 g/mol. The second kappa shape index (κ2) is 6.66. The molecule has 1 fully saturated rings. The molecule has 26 heavy (non-hydrogen) atoms. The second-order valence-corrected chi connectivity index (χ2v) is 9.84. The number of imidazole rings is 1. The number of nitrogens with one attached hydrogen (secondary N) is 1. The van der Waals surface area contributed by atoms with Crippen molar-refractivity contribution < 1.29 is 13.2 Å². The lowest BCUT2D eigenvalue weighted by Gasteiger charge is -2.30. The van der Waals surface area contributed by atoms with E-state index in [1.807, 2.05) is 28.8 Å². The first-order valence-corrected chi connectivity index (χ1v) is 10.7. The van der Waals surface area contributed by atoms with Crippen LogP contribution < -0.4 is 5.32 Å². The van der Waals surface area contributed by atoms with Crippen LogP contribution in [0.15, 0.2) is 24.3 Å². The number of amides is 1. The number of anilines is 1. The molecular weight excluding hydrogens is 352 g/mol. The Bertz CT molecular complexity index is 920. The number of carbonyl (C=O) groups is 1. The zero-order chi connectivity index (χ0) is 19.1. The first-order chi connectivity index (χ1) is 12.1. The average Bonchev–Trinajstić information content (AvgIpc) is 2.92. The van der Waals surface area contributed by atoms with Crippen LogP contribution >= 0.6 is 0 Å². The smallest absolute Gasteiger partial charge is 0.229 e. The van der Waals surface area contributed by atoms with E-state index in [1.54, 1.807) is 0 Å². The van der Waals surface area contributed by atoms with Crippen molar-refractivity contribution in [3.8, 4) is 0 Å². The quantitative estimate of drug-likeness (QED) is 0.889. The van der Waals surface area contributed by atoms with E-state index in [4.69, 9.17) is 0 Å². The van der Waals surface area contributed by atoms with Gasteiger partial charge in [-0.15, -0.1) is 0 Å². The van der Waals surface area contributed by atoms with E-state index in [0.29, 0.717) is 31.9 Å². The molecule has 0 radical (unpaired) electrons. The van der Waals surface area contributed by atoms with E-state index >= 15 is 0 Å². The second-order valence-electron chi connectivity index (χ2n) is 7.86. The Balaban J connectivity index is 1.80. The van der Waals surface area contributed by atoms with Crippen molar-refractivity contribution in [2.75, 3.05) is 24.7 Å². The molecule has 2 aromatic rings. The van der Waals surface area contributed by atoms with Crippen molar-refractivity contribution in [2.45, 2.75) is 39.2 Å². The molecule has 2 heterocycles. The molecule has 1 aliphatic heterocycles. The molecule has 1 amide bonds. The van der Waals surface area contributed by atoms with E-state index < -0.39 is 10.0 Å². The molecule has 142 valence electrons. The number of rotatable bonds is 3. The number of hydrogen-bond donors (Lipinski definition) is 1. The van der Waals surface area contributed by atoms with Gasteiger partial charge in [0.1, 0.15) is 0 Å². The molecule has 1 saturated heterocycles. The highest BCUT2D eigenvalue weighted by Crippen LogP contribution is 2.29. The number of para-hydroxylation sites is 2. The molecule has 0 saturated carbocycles. The normalized spacial score (nSPS) is 17.5. The Morgan fingerprint density at radius 2 is 1.81 bits per heavy atom. The molecule has 0 bridgehead atoms. The van der Waals surface area contributed by atoms with Gasteiger partial charge in [-0.25, -0.2) is 17.7 Å². The van der Waals surface area contributed by atoms with Crippen LogP contribution in [0.4, 0.5) is 5.95 Å². The van der Waals surface area contributed by atoms with Crippen LogP contribution in [0.1, 0.15) is 33.6 Å². The minimum absolute atomic E-state index is 0.0982. The summed E-state index contributed by atoms with van der Waals surface area (Å²) in [6.07, 6.45) is 2.25. The Kier molecular flexibility index (Phi) is 4.83. The van der Waals surface area contributed by atoms with Gasteiger partial charge in [0, 0.05) is 24.5 Å². The standard InChI is InChI=1S/C18H26N4O3S/c1-18(2,3)22-15-8-6-5-7-14(15)19-17(22)20-16(23)13-9-11-21(12-10-13)26(4,24)25/h5-8,13H,9-12H2,1-4H3,(H,19,20,23). The number of aromatic nitrogens is 2. The third kappa shape index (κ3) is 3.76. The van der Waals surface area contributed by atoms with Crippen molar-refractivity contribution >= 4 is 32.9 Å². The summed E-state index contributed by atoms with van der Waals surface area (Å²) in [6, 6.07) is 7.80. The van der Waals surface area contributed by atoms with Gasteiger partial charge in [0.2, 0.25) is 21.9 Å². The molecule has 0 atom stereocenters. The van der Waals surface area contributed by atoms with Crippen LogP contribution in [0.25, 0.3) is 11.0 Å². The minimum atomic E-state index is -3.19. The fourth-order valence-corrected chi connectivity index (χ4v) is 4.32. The molecule has 1 aromatic carbocycles. The SMILES string of the molecule is CC(C)(C)n1c(NC(=O)C2CCN(S(C)(=O)=O)CC2)nc2ccccc21. The molecule has 8 heteroatoms. The molecule has 0 aliphatic carbocycles. The zero-order valence-electron chi connectivity index (χ0n) is 15.7. The maximum Gasteiger partial charge on any atom is 0.229 e. The third-order valence-corrected chi connectivity index (χ3v) is 6.06. The Hall–Kier alpha value is -1.93. The Morgan fingerprint density at radius 1 is 1.19 bits per heavy atom. The summed E-state index contributed by atoms with van der Waals surface area (Å²) in [4.78, 5) is 17.3. The van der Waals surface area contributed by atoms with E-state index in [-0.39, 0.29) is 17.4 Å². The number of piperidine rings is 1. The third-order valence-electron chi connectivity index (χ3n) is 4.76. The molecule has 7 nitrogen and oxygen atoms in total. The largest absolute Gasteiger partial charge is 0.305 e. The number of benzene rings is 1. The summed E-state index contributed by atoms with van der Waals surface area (Å²) in [7, 11) is -3.19. The molecule has 0 unspecified atom stereocenters. The predicted molar refractivity (Wildman–Crippen MR) is 102 cm³/mol. The van der Waals surface area contributed by atoms with Crippen molar-refractivity contribution in [3.63, 3.8) is 0 Å². The predicted octanol–water partition coefficient (Wildman–Crippen LogP) is 2.40. The Morgan fingerprint density at radius 3 is 2.38 bits per heavy atom. The van der Waals surface area contributed by atoms with E-state index in [9.17, 15) is 13.2 Å². The van der Waals surface area contributed by atoms with E-state index in [0.717, 1.165) is 11.0 Å². The number of hydrogen-bond acceptors (Lipinski definition) is 4. The van der Waals surface area contributed by atoms with Gasteiger partial charge in [0.15, 0.2) is 0 Å². The lowest BCUT2D eigenvalue weighted by atomic mass is 9.97. The molecule has 0 spiro atoms. The van der Waals surface area contributed by atoms with Crippen LogP contribution in [0.2, 0.25) is 0 Å². The number of nitrogens with zero attached hydrogens (tertiary/aromatic N) is 3. The molecule has 1 aromatic heterocycles. The summed E-state index contributed by atoms with van der Waals surface area (Å²) in [6.45, 7) is 6.98. The van der Waals surface area contributed by atoms with Crippen molar-refractivity contribution in [3.05, 3.63) is 24.3 Å². The summed E-state index contributed by atoms with van der Waals surface area (Å²) in [5.74, 6) is 0.231. The molecular formula is C18H26N4O3S. The maximum atomic E-state index is 12.7. The van der Waals surface area contributed by atoms with Crippen LogP contribution in [0, 0.1) is 5.92 Å². The highest BCUT2D eigenvalue weighted by molar-refractivity contribution is 7.88. The highest BCUT2D eigenvalue weighted by Gasteiger charge is 2.30. The van der Waals surface area contributed by atoms with Crippen LogP contribution in [0.3, 0.4) is 0 Å². The number of carbonyl (C=O) groups excluding carboxylic acids is 1. The zero-order valence-corrected chi connectivity index (χ0v) is 16.5. The summed E-state index contributed by atoms with van der Waals surface area (Å²) in [5.41, 5.74) is 1.57. The first-order valence-electron chi connectivity index (χ1n) is 8.81. The lowest BCUT2D eigenvalue weighted by molar-refractivity contribution is -0.121. The monoisotopic (exact) mass is 378 g/mol. The van der Waals surface area contributed by atoms with Gasteiger partial charge >= 0.3 is 0 Å². The van der Waals surface area contributed by atoms with Gasteiger partial charge < -0.3 is 4.57 Å².